The standard InChI is InChI=1S/C26H32N6O2.C3H8.C2H6/c1-6-34-19-12-13-21(22(14-19)33-5)32-16(2)23-24(17(32)3)26(31-30-25(23)27)29-15-20(28-4)18-10-8-7-9-11-18;1-3-2;1-2/h7-14,20,28H,6,15H2,1-5H3,(H2,27,30)(H,29,31);3H2,1-2H3;1-2H3. The molecule has 4 rings (SSSR count). The van der Waals surface area contributed by atoms with Crippen LogP contribution in [0.5, 0.6) is 11.5 Å². The first-order valence-corrected chi connectivity index (χ1v) is 13.8. The van der Waals surface area contributed by atoms with Crippen molar-refractivity contribution in [1.82, 2.24) is 20.1 Å². The zero-order valence-electron chi connectivity index (χ0n) is 25.1. The van der Waals surface area contributed by atoms with Crippen LogP contribution < -0.4 is 25.8 Å². The predicted molar refractivity (Wildman–Crippen MR) is 165 cm³/mol. The second-order valence-corrected chi connectivity index (χ2v) is 8.80. The van der Waals surface area contributed by atoms with E-state index in [1.54, 1.807) is 7.11 Å². The van der Waals surface area contributed by atoms with Crippen LogP contribution in [0.2, 0.25) is 0 Å². The van der Waals surface area contributed by atoms with Crippen LogP contribution in [0.3, 0.4) is 0 Å². The molecule has 8 nitrogen and oxygen atoms in total. The molecule has 0 radical (unpaired) electrons. The summed E-state index contributed by atoms with van der Waals surface area (Å²) in [6.45, 7) is 15.5. The zero-order chi connectivity index (χ0) is 28.9. The van der Waals surface area contributed by atoms with E-state index in [-0.39, 0.29) is 6.04 Å². The summed E-state index contributed by atoms with van der Waals surface area (Å²) < 4.78 is 13.5. The maximum atomic E-state index is 6.32. The second-order valence-electron chi connectivity index (χ2n) is 8.80. The lowest BCUT2D eigenvalue weighted by Gasteiger charge is -2.18. The van der Waals surface area contributed by atoms with E-state index in [0.29, 0.717) is 30.5 Å². The van der Waals surface area contributed by atoms with Crippen molar-refractivity contribution >= 4 is 22.4 Å². The number of ether oxygens (including phenoxy) is 2. The minimum atomic E-state index is 0.116. The number of aryl methyl sites for hydroxylation is 2. The number of hydrogen-bond acceptors (Lipinski definition) is 7. The third kappa shape index (κ3) is 7.20. The maximum absolute atomic E-state index is 6.32. The molecule has 0 saturated heterocycles. The van der Waals surface area contributed by atoms with Gasteiger partial charge in [0.25, 0.3) is 0 Å². The van der Waals surface area contributed by atoms with Crippen molar-refractivity contribution in [1.29, 1.82) is 0 Å². The average Bonchev–Trinajstić information content (AvgIpc) is 3.23. The van der Waals surface area contributed by atoms with Gasteiger partial charge in [-0.15, -0.1) is 10.2 Å². The molecule has 2 heterocycles. The Balaban J connectivity index is 0.000000998. The molecule has 0 bridgehead atoms. The van der Waals surface area contributed by atoms with Crippen LogP contribution in [0.4, 0.5) is 11.6 Å². The molecule has 8 heteroatoms. The van der Waals surface area contributed by atoms with Crippen molar-refractivity contribution in [3.8, 4) is 17.2 Å². The van der Waals surface area contributed by atoms with E-state index in [2.05, 4.69) is 58.3 Å². The van der Waals surface area contributed by atoms with Gasteiger partial charge in [-0.3, -0.25) is 0 Å². The highest BCUT2D eigenvalue weighted by Crippen LogP contribution is 2.38. The fourth-order valence-corrected chi connectivity index (χ4v) is 4.50. The normalized spacial score (nSPS) is 11.1. The number of nitrogens with zero attached hydrogens (tertiary/aromatic N) is 3. The first kappa shape index (κ1) is 31.4. The Bertz CT molecular complexity index is 1300. The van der Waals surface area contributed by atoms with E-state index >= 15 is 0 Å². The quantitative estimate of drug-likeness (QED) is 0.216. The Kier molecular flexibility index (Phi) is 12.6. The molecule has 0 saturated carbocycles. The molecular formula is C31H46N6O2. The Morgan fingerprint density at radius 3 is 2.18 bits per heavy atom. The summed E-state index contributed by atoms with van der Waals surface area (Å²) in [5.74, 6) is 2.58. The van der Waals surface area contributed by atoms with Crippen molar-refractivity contribution < 1.29 is 9.47 Å². The van der Waals surface area contributed by atoms with Crippen LogP contribution in [0.15, 0.2) is 48.5 Å². The molecule has 39 heavy (non-hydrogen) atoms. The van der Waals surface area contributed by atoms with Crippen molar-refractivity contribution in [2.45, 2.75) is 60.9 Å². The summed E-state index contributed by atoms with van der Waals surface area (Å²) in [5.41, 5.74) is 10.4. The van der Waals surface area contributed by atoms with Gasteiger partial charge in [0, 0.05) is 30.0 Å². The summed E-state index contributed by atoms with van der Waals surface area (Å²) in [4.78, 5) is 0. The lowest BCUT2D eigenvalue weighted by Crippen LogP contribution is -2.25. The maximum Gasteiger partial charge on any atom is 0.158 e. The molecule has 0 aliphatic heterocycles. The molecule has 0 aliphatic rings. The van der Waals surface area contributed by atoms with Gasteiger partial charge < -0.3 is 30.4 Å². The van der Waals surface area contributed by atoms with Crippen LogP contribution in [-0.2, 0) is 0 Å². The van der Waals surface area contributed by atoms with E-state index in [1.165, 1.54) is 12.0 Å². The molecule has 1 atom stereocenters. The minimum absolute atomic E-state index is 0.116. The van der Waals surface area contributed by atoms with Gasteiger partial charge in [0.05, 0.1) is 30.2 Å². The summed E-state index contributed by atoms with van der Waals surface area (Å²) >= 11 is 0. The molecule has 212 valence electrons. The molecule has 0 spiro atoms. The Labute approximate surface area is 233 Å². The van der Waals surface area contributed by atoms with Gasteiger partial charge in [0.1, 0.15) is 11.5 Å². The van der Waals surface area contributed by atoms with Crippen molar-refractivity contribution in [3.05, 3.63) is 65.5 Å². The van der Waals surface area contributed by atoms with E-state index in [4.69, 9.17) is 15.2 Å². The number of methoxy groups -OCH3 is 1. The number of fused-ring (bicyclic) bond motifs is 1. The second kappa shape index (κ2) is 15.6. The Morgan fingerprint density at radius 1 is 0.949 bits per heavy atom. The number of aromatic nitrogens is 3. The largest absolute Gasteiger partial charge is 0.494 e. The van der Waals surface area contributed by atoms with Gasteiger partial charge in [-0.25, -0.2) is 0 Å². The van der Waals surface area contributed by atoms with Crippen LogP contribution in [0.25, 0.3) is 16.5 Å². The third-order valence-corrected chi connectivity index (χ3v) is 6.12. The van der Waals surface area contributed by atoms with Crippen LogP contribution in [-0.4, -0.2) is 42.1 Å². The van der Waals surface area contributed by atoms with Crippen LogP contribution in [0.1, 0.15) is 64.0 Å². The number of nitrogen functional groups attached to an aromatic ring is 1. The van der Waals surface area contributed by atoms with Crippen molar-refractivity contribution in [2.75, 3.05) is 38.4 Å². The lowest BCUT2D eigenvalue weighted by atomic mass is 10.1. The monoisotopic (exact) mass is 534 g/mol. The lowest BCUT2D eigenvalue weighted by molar-refractivity contribution is 0.336. The number of nitrogens with two attached hydrogens (primary N) is 1. The predicted octanol–water partition coefficient (Wildman–Crippen LogP) is 6.84. The summed E-state index contributed by atoms with van der Waals surface area (Å²) in [6, 6.07) is 16.3. The van der Waals surface area contributed by atoms with Crippen molar-refractivity contribution in [3.63, 3.8) is 0 Å². The van der Waals surface area contributed by atoms with Gasteiger partial charge in [-0.2, -0.15) is 0 Å². The Morgan fingerprint density at radius 2 is 1.59 bits per heavy atom. The van der Waals surface area contributed by atoms with Gasteiger partial charge >= 0.3 is 0 Å². The SMILES string of the molecule is CC.CCC.CCOc1ccc(-n2c(C)c3c(N)nnc(NCC(NC)c4ccccc4)c3c2C)c(OC)c1. The van der Waals surface area contributed by atoms with Crippen LogP contribution in [0, 0.1) is 13.8 Å². The molecule has 2 aromatic carbocycles. The smallest absolute Gasteiger partial charge is 0.158 e. The minimum Gasteiger partial charge on any atom is -0.494 e. The molecule has 0 fully saturated rings. The number of rotatable bonds is 9. The first-order chi connectivity index (χ1) is 18.9. The topological polar surface area (TPSA) is 99.3 Å². The number of nitrogens with one attached hydrogen (secondary N) is 2. The van der Waals surface area contributed by atoms with Gasteiger partial charge in [0.15, 0.2) is 11.6 Å². The molecule has 4 N–H and O–H groups in total. The van der Waals surface area contributed by atoms with Gasteiger partial charge in [-0.05, 0) is 45.5 Å². The highest BCUT2D eigenvalue weighted by molar-refractivity contribution is 6.02. The van der Waals surface area contributed by atoms with Crippen LogP contribution >= 0.6 is 0 Å². The fourth-order valence-electron chi connectivity index (χ4n) is 4.50. The number of benzene rings is 2. The molecular weight excluding hydrogens is 488 g/mol. The Hall–Kier alpha value is -3.78. The molecule has 0 amide bonds. The van der Waals surface area contributed by atoms with Gasteiger partial charge in [0.2, 0.25) is 0 Å². The molecule has 4 aromatic rings. The van der Waals surface area contributed by atoms with Gasteiger partial charge in [-0.1, -0.05) is 64.4 Å². The third-order valence-electron chi connectivity index (χ3n) is 6.12. The summed E-state index contributed by atoms with van der Waals surface area (Å²) in [7, 11) is 3.61. The van der Waals surface area contributed by atoms with E-state index in [9.17, 15) is 0 Å². The zero-order valence-corrected chi connectivity index (χ0v) is 25.1. The molecule has 1 unspecified atom stereocenters. The highest BCUT2D eigenvalue weighted by atomic mass is 16.5. The number of likely N-dealkylation sites (N-methyl/N-ethyl adjacent to an activating group) is 1. The van der Waals surface area contributed by atoms with Crippen molar-refractivity contribution in [2.24, 2.45) is 0 Å². The van der Waals surface area contributed by atoms with E-state index < -0.39 is 0 Å². The summed E-state index contributed by atoms with van der Waals surface area (Å²) in [6.07, 6.45) is 1.25. The van der Waals surface area contributed by atoms with E-state index in [0.717, 1.165) is 33.6 Å². The average molecular weight is 535 g/mol. The molecule has 0 aliphatic carbocycles. The van der Waals surface area contributed by atoms with E-state index in [1.807, 2.05) is 71.1 Å². The number of anilines is 2. The first-order valence-electron chi connectivity index (χ1n) is 13.8. The highest BCUT2D eigenvalue weighted by Gasteiger charge is 2.22. The molecule has 2 aromatic heterocycles. The fraction of sp³-hybridized carbons (Fsp3) is 0.419. The number of hydrogen-bond donors (Lipinski definition) is 3. The summed E-state index contributed by atoms with van der Waals surface area (Å²) in [5, 5.41) is 17.4.